The fourth-order valence-corrected chi connectivity index (χ4v) is 1.87. The van der Waals surface area contributed by atoms with Crippen molar-refractivity contribution >= 4 is 5.69 Å². The van der Waals surface area contributed by atoms with Crippen LogP contribution in [-0.4, -0.2) is 21.7 Å². The number of aliphatic hydroxyl groups is 1. The molecule has 0 aliphatic heterocycles. The van der Waals surface area contributed by atoms with Crippen molar-refractivity contribution in [2.75, 3.05) is 7.11 Å². The molecule has 19 heavy (non-hydrogen) atoms. The van der Waals surface area contributed by atoms with Gasteiger partial charge < -0.3 is 14.4 Å². The first-order valence-electron chi connectivity index (χ1n) is 5.71. The Morgan fingerprint density at radius 1 is 1.37 bits per heavy atom. The number of rotatable bonds is 5. The molecule has 0 aliphatic rings. The third-order valence-corrected chi connectivity index (χ3v) is 2.80. The quantitative estimate of drug-likeness (QED) is 0.660. The molecular weight excluding hydrogens is 248 g/mol. The van der Waals surface area contributed by atoms with E-state index in [1.165, 1.54) is 13.2 Å². The molecule has 1 heterocycles. The highest BCUT2D eigenvalue weighted by Gasteiger charge is 2.15. The number of ether oxygens (including phenoxy) is 1. The van der Waals surface area contributed by atoms with E-state index in [0.717, 1.165) is 11.1 Å². The largest absolute Gasteiger partial charge is 0.490 e. The first-order chi connectivity index (χ1) is 9.13. The third kappa shape index (κ3) is 2.92. The monoisotopic (exact) mass is 262 g/mol. The molecule has 0 fully saturated rings. The van der Waals surface area contributed by atoms with E-state index in [9.17, 15) is 10.1 Å². The van der Waals surface area contributed by atoms with Gasteiger partial charge in [-0.15, -0.1) is 0 Å². The second-order valence-corrected chi connectivity index (χ2v) is 4.11. The Morgan fingerprint density at radius 3 is 2.74 bits per heavy atom. The maximum absolute atomic E-state index is 10.9. The van der Waals surface area contributed by atoms with Crippen LogP contribution >= 0.6 is 0 Å². The van der Waals surface area contributed by atoms with E-state index in [1.54, 1.807) is 24.4 Å². The van der Waals surface area contributed by atoms with Crippen molar-refractivity contribution in [3.8, 4) is 5.75 Å². The van der Waals surface area contributed by atoms with Crippen molar-refractivity contribution in [3.63, 3.8) is 0 Å². The molecule has 2 rings (SSSR count). The highest BCUT2D eigenvalue weighted by Crippen LogP contribution is 2.27. The maximum Gasteiger partial charge on any atom is 0.311 e. The number of hydrogen-bond donors (Lipinski definition) is 1. The van der Waals surface area contributed by atoms with Gasteiger partial charge in [-0.05, 0) is 23.3 Å². The lowest BCUT2D eigenvalue weighted by atomic mass is 10.2. The summed E-state index contributed by atoms with van der Waals surface area (Å²) in [5.41, 5.74) is 1.56. The van der Waals surface area contributed by atoms with Crippen molar-refractivity contribution in [1.82, 2.24) is 4.57 Å². The summed E-state index contributed by atoms with van der Waals surface area (Å²) in [6, 6.07) is 6.67. The van der Waals surface area contributed by atoms with E-state index in [2.05, 4.69) is 0 Å². The Morgan fingerprint density at radius 2 is 2.16 bits per heavy atom. The van der Waals surface area contributed by atoms with Crippen LogP contribution in [0.2, 0.25) is 0 Å². The van der Waals surface area contributed by atoms with Gasteiger partial charge in [0.2, 0.25) is 0 Å². The molecular formula is C13H14N2O4. The lowest BCUT2D eigenvalue weighted by molar-refractivity contribution is -0.385. The standard InChI is InChI=1S/C13H14N2O4/c1-19-13-3-2-10(6-12(13)15(17)18)7-14-5-4-11(8-14)9-16/h2-6,8,16H,7,9H2,1H3. The number of aromatic nitrogens is 1. The van der Waals surface area contributed by atoms with Gasteiger partial charge in [-0.2, -0.15) is 0 Å². The van der Waals surface area contributed by atoms with Gasteiger partial charge in [-0.25, -0.2) is 0 Å². The minimum absolute atomic E-state index is 0.0181. The summed E-state index contributed by atoms with van der Waals surface area (Å²) in [4.78, 5) is 10.5. The van der Waals surface area contributed by atoms with Crippen LogP contribution in [0.15, 0.2) is 36.7 Å². The SMILES string of the molecule is COc1ccc(Cn2ccc(CO)c2)cc1[N+](=O)[O-]. The number of methoxy groups -OCH3 is 1. The molecule has 0 amide bonds. The fraction of sp³-hybridized carbons (Fsp3) is 0.231. The number of nitro groups is 1. The van der Waals surface area contributed by atoms with Gasteiger partial charge in [0.1, 0.15) is 0 Å². The molecule has 0 aliphatic carbocycles. The second kappa shape index (κ2) is 5.53. The lowest BCUT2D eigenvalue weighted by Gasteiger charge is -2.06. The molecule has 0 spiro atoms. The van der Waals surface area contributed by atoms with E-state index in [-0.39, 0.29) is 18.0 Å². The normalized spacial score (nSPS) is 10.4. The third-order valence-electron chi connectivity index (χ3n) is 2.80. The lowest BCUT2D eigenvalue weighted by Crippen LogP contribution is -1.99. The average molecular weight is 262 g/mol. The molecule has 1 aromatic heterocycles. The molecule has 0 bridgehead atoms. The van der Waals surface area contributed by atoms with Gasteiger partial charge >= 0.3 is 5.69 Å². The van der Waals surface area contributed by atoms with Crippen LogP contribution < -0.4 is 4.74 Å². The van der Waals surface area contributed by atoms with Crippen LogP contribution in [0, 0.1) is 10.1 Å². The summed E-state index contributed by atoms with van der Waals surface area (Å²) >= 11 is 0. The Hall–Kier alpha value is -2.34. The zero-order valence-corrected chi connectivity index (χ0v) is 10.4. The predicted molar refractivity (Wildman–Crippen MR) is 69.1 cm³/mol. The first kappa shape index (κ1) is 13.1. The van der Waals surface area contributed by atoms with Crippen molar-refractivity contribution in [3.05, 3.63) is 57.9 Å². The van der Waals surface area contributed by atoms with Crippen LogP contribution in [0.3, 0.4) is 0 Å². The summed E-state index contributed by atoms with van der Waals surface area (Å²) in [5, 5.41) is 19.9. The summed E-state index contributed by atoms with van der Waals surface area (Å²) in [6.45, 7) is 0.487. The minimum Gasteiger partial charge on any atom is -0.490 e. The molecule has 0 saturated heterocycles. The van der Waals surface area contributed by atoms with E-state index < -0.39 is 4.92 Å². The van der Waals surface area contributed by atoms with E-state index in [4.69, 9.17) is 9.84 Å². The fourth-order valence-electron chi connectivity index (χ4n) is 1.87. The Balaban J connectivity index is 2.25. The Bertz CT molecular complexity index is 592. The highest BCUT2D eigenvalue weighted by atomic mass is 16.6. The van der Waals surface area contributed by atoms with Gasteiger partial charge in [0.25, 0.3) is 0 Å². The number of benzene rings is 1. The molecule has 0 unspecified atom stereocenters. The van der Waals surface area contributed by atoms with E-state index in [1.807, 2.05) is 10.8 Å². The summed E-state index contributed by atoms with van der Waals surface area (Å²) in [6.07, 6.45) is 3.62. The number of nitro benzene ring substituents is 1. The number of aliphatic hydroxyl groups excluding tert-OH is 1. The molecule has 0 saturated carbocycles. The summed E-state index contributed by atoms with van der Waals surface area (Å²) < 4.78 is 6.81. The summed E-state index contributed by atoms with van der Waals surface area (Å²) in [7, 11) is 1.40. The van der Waals surface area contributed by atoms with E-state index in [0.29, 0.717) is 6.54 Å². The maximum atomic E-state index is 10.9. The second-order valence-electron chi connectivity index (χ2n) is 4.11. The zero-order valence-electron chi connectivity index (χ0n) is 10.4. The van der Waals surface area contributed by atoms with Gasteiger partial charge in [-0.3, -0.25) is 10.1 Å². The molecule has 1 N–H and O–H groups in total. The molecule has 0 atom stereocenters. The van der Waals surface area contributed by atoms with Crippen molar-refractivity contribution in [2.24, 2.45) is 0 Å². The van der Waals surface area contributed by atoms with Crippen LogP contribution in [-0.2, 0) is 13.2 Å². The van der Waals surface area contributed by atoms with Crippen LogP contribution in [0.5, 0.6) is 5.75 Å². The van der Waals surface area contributed by atoms with Gasteiger partial charge in [0.05, 0.1) is 18.6 Å². The molecule has 6 heteroatoms. The van der Waals surface area contributed by atoms with Crippen LogP contribution in [0.4, 0.5) is 5.69 Å². The molecule has 1 aromatic carbocycles. The average Bonchev–Trinajstić information content (AvgIpc) is 2.86. The van der Waals surface area contributed by atoms with Crippen LogP contribution in [0.1, 0.15) is 11.1 Å². The van der Waals surface area contributed by atoms with E-state index >= 15 is 0 Å². The summed E-state index contributed by atoms with van der Waals surface area (Å²) in [5.74, 6) is 0.248. The predicted octanol–water partition coefficient (Wildman–Crippen LogP) is 1.95. The van der Waals surface area contributed by atoms with Gasteiger partial charge in [0.15, 0.2) is 5.75 Å². The van der Waals surface area contributed by atoms with Crippen LogP contribution in [0.25, 0.3) is 0 Å². The first-order valence-corrected chi connectivity index (χ1v) is 5.71. The smallest absolute Gasteiger partial charge is 0.311 e. The molecule has 2 aromatic rings. The highest BCUT2D eigenvalue weighted by molar-refractivity contribution is 5.48. The molecule has 100 valence electrons. The van der Waals surface area contributed by atoms with Crippen molar-refractivity contribution < 1.29 is 14.8 Å². The minimum atomic E-state index is -0.461. The Kier molecular flexibility index (Phi) is 3.82. The van der Waals surface area contributed by atoms with Crippen molar-refractivity contribution in [1.29, 1.82) is 0 Å². The number of nitrogens with zero attached hydrogens (tertiary/aromatic N) is 2. The molecule has 6 nitrogen and oxygen atoms in total. The van der Waals surface area contributed by atoms with Gasteiger partial charge in [0, 0.05) is 25.0 Å². The topological polar surface area (TPSA) is 77.5 Å². The van der Waals surface area contributed by atoms with Gasteiger partial charge in [-0.1, -0.05) is 6.07 Å². The number of hydrogen-bond acceptors (Lipinski definition) is 4. The van der Waals surface area contributed by atoms with Crippen molar-refractivity contribution in [2.45, 2.75) is 13.2 Å². The Labute approximate surface area is 110 Å². The molecule has 0 radical (unpaired) electrons. The zero-order chi connectivity index (χ0) is 13.8.